The van der Waals surface area contributed by atoms with Crippen LogP contribution in [-0.4, -0.2) is 23.3 Å². The minimum Gasteiger partial charge on any atom is -0.327 e. The van der Waals surface area contributed by atoms with E-state index in [1.165, 1.54) is 23.1 Å². The number of nitrogens with zero attached hydrogens (tertiary/aromatic N) is 1. The van der Waals surface area contributed by atoms with Crippen LogP contribution >= 0.6 is 0 Å². The Morgan fingerprint density at radius 3 is 2.32 bits per heavy atom. The van der Waals surface area contributed by atoms with Gasteiger partial charge in [-0.05, 0) is 73.6 Å². The van der Waals surface area contributed by atoms with Crippen molar-refractivity contribution in [3.05, 3.63) is 65.0 Å². The van der Waals surface area contributed by atoms with Crippen molar-refractivity contribution in [1.29, 1.82) is 0 Å². The second-order valence-corrected chi connectivity index (χ2v) is 7.28. The maximum atomic E-state index is 14.2. The van der Waals surface area contributed by atoms with E-state index < -0.39 is 35.3 Å². The third-order valence-electron chi connectivity index (χ3n) is 5.30. The third kappa shape index (κ3) is 3.61. The molecule has 4 rings (SSSR count). The lowest BCUT2D eigenvalue weighted by Crippen LogP contribution is -2.39. The summed E-state index contributed by atoms with van der Waals surface area (Å²) in [6.45, 7) is 0.284. The van der Waals surface area contributed by atoms with Gasteiger partial charge < -0.3 is 10.2 Å². The molecular formula is C21H19F3N2O2. The Bertz CT molecular complexity index is 943. The molecule has 146 valence electrons. The Morgan fingerprint density at radius 1 is 0.929 bits per heavy atom. The van der Waals surface area contributed by atoms with Gasteiger partial charge >= 0.3 is 11.8 Å². The fourth-order valence-electron chi connectivity index (χ4n) is 3.79. The number of nitrogens with one attached hydrogen (secondary N) is 1. The van der Waals surface area contributed by atoms with Crippen LogP contribution in [0.1, 0.15) is 48.8 Å². The van der Waals surface area contributed by atoms with Crippen LogP contribution < -0.4 is 5.32 Å². The molecule has 4 nitrogen and oxygen atoms in total. The predicted octanol–water partition coefficient (Wildman–Crippen LogP) is 4.28. The molecule has 1 atom stereocenters. The summed E-state index contributed by atoms with van der Waals surface area (Å²) >= 11 is 0. The van der Waals surface area contributed by atoms with Crippen molar-refractivity contribution in [2.24, 2.45) is 0 Å². The highest BCUT2D eigenvalue weighted by Crippen LogP contribution is 2.43. The van der Waals surface area contributed by atoms with E-state index in [0.717, 1.165) is 31.0 Å². The zero-order valence-corrected chi connectivity index (χ0v) is 15.1. The maximum absolute atomic E-state index is 14.2. The van der Waals surface area contributed by atoms with Gasteiger partial charge in [0.05, 0.1) is 6.04 Å². The first kappa shape index (κ1) is 18.5. The highest BCUT2D eigenvalue weighted by molar-refractivity contribution is 6.39. The highest BCUT2D eigenvalue weighted by Gasteiger charge is 2.36. The van der Waals surface area contributed by atoms with E-state index >= 15 is 0 Å². The van der Waals surface area contributed by atoms with E-state index in [4.69, 9.17) is 0 Å². The third-order valence-corrected chi connectivity index (χ3v) is 5.30. The number of amides is 2. The molecule has 1 saturated carbocycles. The zero-order chi connectivity index (χ0) is 19.8. The Hall–Kier alpha value is -2.83. The van der Waals surface area contributed by atoms with Crippen molar-refractivity contribution < 1.29 is 22.8 Å². The summed E-state index contributed by atoms with van der Waals surface area (Å²) in [5, 5.41) is 2.57. The Kier molecular flexibility index (Phi) is 4.83. The van der Waals surface area contributed by atoms with Crippen LogP contribution in [0.25, 0.3) is 0 Å². The van der Waals surface area contributed by atoms with Gasteiger partial charge in [-0.3, -0.25) is 9.59 Å². The normalized spacial score (nSPS) is 19.0. The summed E-state index contributed by atoms with van der Waals surface area (Å²) in [5.74, 6) is -3.09. The molecule has 0 aromatic heterocycles. The van der Waals surface area contributed by atoms with E-state index in [-0.39, 0.29) is 18.0 Å². The Balaban J connectivity index is 1.54. The number of likely N-dealkylation sites (tertiary alicyclic amines) is 1. The molecule has 1 aliphatic carbocycles. The fraction of sp³-hybridized carbons (Fsp3) is 0.333. The number of halogens is 3. The van der Waals surface area contributed by atoms with Crippen LogP contribution in [0.5, 0.6) is 0 Å². The lowest BCUT2D eigenvalue weighted by atomic mass is 10.0. The van der Waals surface area contributed by atoms with Crippen LogP contribution in [0.3, 0.4) is 0 Å². The molecule has 2 aromatic rings. The Labute approximate surface area is 160 Å². The van der Waals surface area contributed by atoms with Crippen molar-refractivity contribution >= 4 is 17.5 Å². The van der Waals surface area contributed by atoms with Gasteiger partial charge in [-0.1, -0.05) is 0 Å². The molecule has 7 heteroatoms. The number of hydrogen-bond acceptors (Lipinski definition) is 2. The monoisotopic (exact) mass is 388 g/mol. The maximum Gasteiger partial charge on any atom is 0.313 e. The zero-order valence-electron chi connectivity index (χ0n) is 15.1. The average molecular weight is 388 g/mol. The van der Waals surface area contributed by atoms with Gasteiger partial charge in [0, 0.05) is 17.8 Å². The molecule has 2 fully saturated rings. The molecular weight excluding hydrogens is 369 g/mol. The number of carbonyl (C=O) groups excluding carboxylic acids is 2. The average Bonchev–Trinajstić information content (AvgIpc) is 3.41. The van der Waals surface area contributed by atoms with Crippen molar-refractivity contribution in [2.75, 3.05) is 11.9 Å². The van der Waals surface area contributed by atoms with Crippen LogP contribution in [0.4, 0.5) is 18.9 Å². The molecule has 1 heterocycles. The van der Waals surface area contributed by atoms with Crippen molar-refractivity contribution in [1.82, 2.24) is 4.90 Å². The highest BCUT2D eigenvalue weighted by atomic mass is 19.1. The SMILES string of the molecule is O=C(Nc1ccc(F)cc1C1CC1)C(=O)N1CCCC1c1cc(F)ccc1F. The summed E-state index contributed by atoms with van der Waals surface area (Å²) in [6.07, 6.45) is 2.85. The van der Waals surface area contributed by atoms with Gasteiger partial charge in [-0.25, -0.2) is 13.2 Å². The molecule has 2 aliphatic rings. The number of carbonyl (C=O) groups is 2. The van der Waals surface area contributed by atoms with Crippen LogP contribution in [-0.2, 0) is 9.59 Å². The van der Waals surface area contributed by atoms with Crippen LogP contribution in [0.2, 0.25) is 0 Å². The van der Waals surface area contributed by atoms with Crippen molar-refractivity contribution in [3.63, 3.8) is 0 Å². The smallest absolute Gasteiger partial charge is 0.313 e. The van der Waals surface area contributed by atoms with E-state index in [1.807, 2.05) is 0 Å². The van der Waals surface area contributed by atoms with E-state index in [0.29, 0.717) is 24.1 Å². The van der Waals surface area contributed by atoms with E-state index in [9.17, 15) is 22.8 Å². The summed E-state index contributed by atoms with van der Waals surface area (Å²) in [4.78, 5) is 26.5. The molecule has 1 unspecified atom stereocenters. The molecule has 0 radical (unpaired) electrons. The number of rotatable bonds is 3. The van der Waals surface area contributed by atoms with E-state index in [2.05, 4.69) is 5.32 Å². The standard InChI is InChI=1S/C21H19F3N2O2/c22-13-5-7-17(24)16(11-13)19-2-1-9-26(19)21(28)20(27)25-18-8-6-14(23)10-15(18)12-3-4-12/h5-8,10-12,19H,1-4,9H2,(H,25,27). The number of benzene rings is 2. The van der Waals surface area contributed by atoms with Gasteiger partial charge in [-0.15, -0.1) is 0 Å². The molecule has 0 bridgehead atoms. The van der Waals surface area contributed by atoms with Gasteiger partial charge in [0.15, 0.2) is 0 Å². The van der Waals surface area contributed by atoms with Crippen LogP contribution in [0.15, 0.2) is 36.4 Å². The quantitative estimate of drug-likeness (QED) is 0.798. The molecule has 1 aliphatic heterocycles. The largest absolute Gasteiger partial charge is 0.327 e. The van der Waals surface area contributed by atoms with Crippen molar-refractivity contribution in [3.8, 4) is 0 Å². The van der Waals surface area contributed by atoms with Gasteiger partial charge in [0.1, 0.15) is 17.5 Å². The molecule has 0 spiro atoms. The number of anilines is 1. The summed E-state index contributed by atoms with van der Waals surface area (Å²) in [6, 6.07) is 6.46. The molecule has 2 aromatic carbocycles. The second-order valence-electron chi connectivity index (χ2n) is 7.28. The second kappa shape index (κ2) is 7.30. The molecule has 1 N–H and O–H groups in total. The van der Waals surface area contributed by atoms with Crippen molar-refractivity contribution in [2.45, 2.75) is 37.6 Å². The number of hydrogen-bond donors (Lipinski definition) is 1. The lowest BCUT2D eigenvalue weighted by molar-refractivity contribution is -0.143. The van der Waals surface area contributed by atoms with Gasteiger partial charge in [0.2, 0.25) is 0 Å². The van der Waals surface area contributed by atoms with Gasteiger partial charge in [0.25, 0.3) is 0 Å². The molecule has 28 heavy (non-hydrogen) atoms. The fourth-order valence-corrected chi connectivity index (χ4v) is 3.79. The molecule has 2 amide bonds. The van der Waals surface area contributed by atoms with Crippen LogP contribution in [0, 0.1) is 17.5 Å². The first-order valence-electron chi connectivity index (χ1n) is 9.30. The predicted molar refractivity (Wildman–Crippen MR) is 97.1 cm³/mol. The molecule has 1 saturated heterocycles. The summed E-state index contributed by atoms with van der Waals surface area (Å²) < 4.78 is 41.2. The minimum atomic E-state index is -0.864. The topological polar surface area (TPSA) is 49.4 Å². The summed E-state index contributed by atoms with van der Waals surface area (Å²) in [7, 11) is 0. The summed E-state index contributed by atoms with van der Waals surface area (Å²) in [5.41, 5.74) is 1.16. The Morgan fingerprint density at radius 2 is 1.61 bits per heavy atom. The first-order chi connectivity index (χ1) is 13.4. The minimum absolute atomic E-state index is 0.0686. The lowest BCUT2D eigenvalue weighted by Gasteiger charge is -2.25. The van der Waals surface area contributed by atoms with Gasteiger partial charge in [-0.2, -0.15) is 0 Å². The first-order valence-corrected chi connectivity index (χ1v) is 9.30. The van der Waals surface area contributed by atoms with E-state index in [1.54, 1.807) is 0 Å².